The second-order valence-electron chi connectivity index (χ2n) is 15.2. The highest BCUT2D eigenvalue weighted by Gasteiger charge is 2.23. The van der Waals surface area contributed by atoms with Crippen molar-refractivity contribution >= 4 is 105 Å². The van der Waals surface area contributed by atoms with Gasteiger partial charge in [-0.25, -0.2) is 0 Å². The molecule has 59 heavy (non-hydrogen) atoms. The third kappa shape index (κ3) is 4.73. The Morgan fingerprint density at radius 3 is 1.66 bits per heavy atom. The van der Waals surface area contributed by atoms with Gasteiger partial charge >= 0.3 is 0 Å². The Morgan fingerprint density at radius 2 is 0.932 bits per heavy atom. The van der Waals surface area contributed by atoms with E-state index < -0.39 is 0 Å². The van der Waals surface area contributed by atoms with Crippen molar-refractivity contribution in [2.45, 2.75) is 0 Å². The number of anilines is 3. The van der Waals surface area contributed by atoms with Crippen LogP contribution in [0.2, 0.25) is 0 Å². The van der Waals surface area contributed by atoms with Gasteiger partial charge in [-0.3, -0.25) is 0 Å². The highest BCUT2D eigenvalue weighted by Crippen LogP contribution is 2.47. The first-order valence-electron chi connectivity index (χ1n) is 19.9. The Labute approximate surface area is 337 Å². The van der Waals surface area contributed by atoms with Gasteiger partial charge in [-0.05, 0) is 90.5 Å². The van der Waals surface area contributed by atoms with E-state index in [2.05, 4.69) is 179 Å². The van der Waals surface area contributed by atoms with Crippen LogP contribution in [0.4, 0.5) is 17.1 Å². The number of hydrogen-bond acceptors (Lipinski definition) is 4. The van der Waals surface area contributed by atoms with Crippen LogP contribution in [0.1, 0.15) is 0 Å². The Morgan fingerprint density at radius 1 is 0.356 bits per heavy atom. The largest absolute Gasteiger partial charge is 0.456 e. The van der Waals surface area contributed by atoms with E-state index in [0.29, 0.717) is 0 Å². The van der Waals surface area contributed by atoms with Gasteiger partial charge in [0.05, 0.1) is 22.1 Å². The van der Waals surface area contributed by atoms with Gasteiger partial charge in [0.25, 0.3) is 0 Å². The van der Waals surface area contributed by atoms with Crippen LogP contribution in [0, 0.1) is 0 Å². The van der Waals surface area contributed by atoms with Crippen molar-refractivity contribution in [2.75, 3.05) is 4.90 Å². The number of nitrogens with zero attached hydrogens (tertiary/aromatic N) is 2. The second kappa shape index (κ2) is 12.2. The van der Waals surface area contributed by atoms with E-state index in [-0.39, 0.29) is 0 Å². The summed E-state index contributed by atoms with van der Waals surface area (Å²) < 4.78 is 21.9. The molecule has 0 aliphatic heterocycles. The zero-order valence-corrected chi connectivity index (χ0v) is 31.6. The fraction of sp³-hybridized carbons (Fsp3) is 0. The molecule has 0 spiro atoms. The Bertz CT molecular complexity index is 3690. The molecule has 0 amide bonds. The van der Waals surface area contributed by atoms with Crippen molar-refractivity contribution in [3.8, 4) is 16.8 Å². The van der Waals surface area contributed by atoms with Crippen molar-refractivity contribution in [3.63, 3.8) is 0 Å². The van der Waals surface area contributed by atoms with E-state index in [1.54, 1.807) is 0 Å². The maximum Gasteiger partial charge on any atom is 0.143 e. The molecule has 276 valence electrons. The summed E-state index contributed by atoms with van der Waals surface area (Å²) >= 11 is 0. The third-order valence-electron chi connectivity index (χ3n) is 12.0. The van der Waals surface area contributed by atoms with Gasteiger partial charge in [-0.15, -0.1) is 0 Å². The van der Waals surface area contributed by atoms with Crippen molar-refractivity contribution in [1.82, 2.24) is 4.57 Å². The average molecular weight is 757 g/mol. The van der Waals surface area contributed by atoms with Gasteiger partial charge < -0.3 is 22.7 Å². The number of benzene rings is 9. The molecule has 4 aromatic heterocycles. The van der Waals surface area contributed by atoms with Crippen molar-refractivity contribution in [3.05, 3.63) is 194 Å². The summed E-state index contributed by atoms with van der Waals surface area (Å²) in [7, 11) is 0. The van der Waals surface area contributed by atoms with E-state index in [9.17, 15) is 0 Å². The molecule has 0 atom stereocenters. The van der Waals surface area contributed by atoms with E-state index >= 15 is 0 Å². The molecule has 0 N–H and O–H groups in total. The first-order valence-corrected chi connectivity index (χ1v) is 19.9. The predicted octanol–water partition coefficient (Wildman–Crippen LogP) is 15.6. The molecule has 13 aromatic rings. The standard InChI is InChI=1S/C54H32N2O3/c1-2-12-34(13-3-1)56-45-19-7-4-14-38(45)39-27-24-33(30-47(39)56)37-17-10-18-42-53-46(20-11-23-52(53)59-54(37)42)55(35-25-28-50-43(31-35)40-15-5-8-21-48(40)57-50)36-26-29-51-44(32-36)41-16-6-9-22-49(41)58-51/h1-32H. The van der Waals surface area contributed by atoms with E-state index in [4.69, 9.17) is 13.3 Å². The molecule has 13 rings (SSSR count). The number of hydrogen-bond donors (Lipinski definition) is 0. The van der Waals surface area contributed by atoms with Gasteiger partial charge in [0.2, 0.25) is 0 Å². The van der Waals surface area contributed by atoms with Crippen molar-refractivity contribution in [1.29, 1.82) is 0 Å². The fourth-order valence-electron chi connectivity index (χ4n) is 9.37. The SMILES string of the molecule is c1ccc(-n2c3ccccc3c3ccc(-c4cccc5c4oc4cccc(N(c6ccc7oc8ccccc8c7c6)c6ccc7oc8ccccc8c7c6)c45)cc32)cc1. The lowest BCUT2D eigenvalue weighted by molar-refractivity contribution is 0.668. The number of aromatic nitrogens is 1. The predicted molar refractivity (Wildman–Crippen MR) is 243 cm³/mol. The Balaban J connectivity index is 1.05. The highest BCUT2D eigenvalue weighted by molar-refractivity contribution is 6.18. The molecule has 0 radical (unpaired) electrons. The summed E-state index contributed by atoms with van der Waals surface area (Å²) in [5.41, 5.74) is 13.7. The Kier molecular flexibility index (Phi) is 6.66. The lowest BCUT2D eigenvalue weighted by Gasteiger charge is -2.26. The quantitative estimate of drug-likeness (QED) is 0.175. The van der Waals surface area contributed by atoms with Crippen LogP contribution in [-0.4, -0.2) is 4.57 Å². The van der Waals surface area contributed by atoms with E-state index in [0.717, 1.165) is 105 Å². The summed E-state index contributed by atoms with van der Waals surface area (Å²) in [6.45, 7) is 0. The Hall–Kier alpha value is -8.02. The summed E-state index contributed by atoms with van der Waals surface area (Å²) in [5, 5.41) is 8.83. The summed E-state index contributed by atoms with van der Waals surface area (Å²) in [6.07, 6.45) is 0. The highest BCUT2D eigenvalue weighted by atomic mass is 16.3. The van der Waals surface area contributed by atoms with Crippen LogP contribution in [0.15, 0.2) is 207 Å². The number of fused-ring (bicyclic) bond motifs is 12. The third-order valence-corrected chi connectivity index (χ3v) is 12.0. The minimum absolute atomic E-state index is 0.819. The number of para-hydroxylation sites is 5. The summed E-state index contributed by atoms with van der Waals surface area (Å²) in [6, 6.07) is 68.3. The molecule has 9 aromatic carbocycles. The molecule has 0 unspecified atom stereocenters. The molecular weight excluding hydrogens is 725 g/mol. The lowest BCUT2D eigenvalue weighted by Crippen LogP contribution is -2.10. The monoisotopic (exact) mass is 756 g/mol. The maximum absolute atomic E-state index is 6.95. The zero-order chi connectivity index (χ0) is 38.6. The molecular formula is C54H32N2O3. The van der Waals surface area contributed by atoms with Crippen LogP contribution < -0.4 is 4.90 Å². The van der Waals surface area contributed by atoms with Crippen molar-refractivity contribution in [2.24, 2.45) is 0 Å². The topological polar surface area (TPSA) is 47.6 Å². The van der Waals surface area contributed by atoms with E-state index in [1.807, 2.05) is 24.3 Å². The smallest absolute Gasteiger partial charge is 0.143 e. The fourth-order valence-corrected chi connectivity index (χ4v) is 9.37. The normalized spacial score (nSPS) is 12.1. The molecule has 0 fully saturated rings. The molecule has 0 aliphatic rings. The van der Waals surface area contributed by atoms with Gasteiger partial charge in [0, 0.05) is 60.3 Å². The average Bonchev–Trinajstić information content (AvgIpc) is 4.05. The summed E-state index contributed by atoms with van der Waals surface area (Å²) in [4.78, 5) is 2.34. The first-order chi connectivity index (χ1) is 29.2. The van der Waals surface area contributed by atoms with Crippen LogP contribution in [0.25, 0.3) is 104 Å². The zero-order valence-electron chi connectivity index (χ0n) is 31.6. The molecule has 0 saturated carbocycles. The molecule has 4 heterocycles. The molecule has 5 heteroatoms. The van der Waals surface area contributed by atoms with Crippen LogP contribution in [0.3, 0.4) is 0 Å². The first kappa shape index (κ1) is 32.1. The molecule has 0 saturated heterocycles. The number of rotatable bonds is 5. The lowest BCUT2D eigenvalue weighted by atomic mass is 10.00. The maximum atomic E-state index is 6.95. The minimum atomic E-state index is 0.819. The van der Waals surface area contributed by atoms with E-state index in [1.165, 1.54) is 16.3 Å². The van der Waals surface area contributed by atoms with Crippen LogP contribution in [-0.2, 0) is 0 Å². The molecule has 0 bridgehead atoms. The van der Waals surface area contributed by atoms with Gasteiger partial charge in [0.1, 0.15) is 33.5 Å². The molecule has 0 aliphatic carbocycles. The summed E-state index contributed by atoms with van der Waals surface area (Å²) in [5.74, 6) is 0. The van der Waals surface area contributed by atoms with Crippen molar-refractivity contribution < 1.29 is 13.3 Å². The molecule has 5 nitrogen and oxygen atoms in total. The second-order valence-corrected chi connectivity index (χ2v) is 15.2. The minimum Gasteiger partial charge on any atom is -0.456 e. The van der Waals surface area contributed by atoms with Crippen LogP contribution >= 0.6 is 0 Å². The van der Waals surface area contributed by atoms with Gasteiger partial charge in [0.15, 0.2) is 0 Å². The van der Waals surface area contributed by atoms with Crippen LogP contribution in [0.5, 0.6) is 0 Å². The van der Waals surface area contributed by atoms with Gasteiger partial charge in [-0.2, -0.15) is 0 Å². The number of furan rings is 3. The van der Waals surface area contributed by atoms with Gasteiger partial charge in [-0.1, -0.05) is 109 Å².